The number of methoxy groups -OCH3 is 2. The van der Waals surface area contributed by atoms with Gasteiger partial charge in [-0.2, -0.15) is 17.4 Å². The molecule has 1 aromatic carbocycles. The van der Waals surface area contributed by atoms with E-state index in [1.807, 2.05) is 0 Å². The first-order valence-corrected chi connectivity index (χ1v) is 9.61. The highest BCUT2D eigenvalue weighted by molar-refractivity contribution is 7.87. The number of nitrogens with one attached hydrogen (secondary N) is 2. The average molecular weight is 395 g/mol. The van der Waals surface area contributed by atoms with Crippen molar-refractivity contribution in [2.75, 3.05) is 26.6 Å². The molecule has 2 atom stereocenters. The number of furan rings is 1. The Kier molecular flexibility index (Phi) is 5.40. The maximum absolute atomic E-state index is 12.8. The molecule has 146 valence electrons. The Hall–Kier alpha value is -2.56. The van der Waals surface area contributed by atoms with E-state index in [1.54, 1.807) is 30.3 Å². The predicted octanol–water partition coefficient (Wildman–Crippen LogP) is 1.52. The van der Waals surface area contributed by atoms with Gasteiger partial charge in [0.25, 0.3) is 10.2 Å². The summed E-state index contributed by atoms with van der Waals surface area (Å²) >= 11 is 0. The molecule has 1 aliphatic rings. The molecule has 1 saturated heterocycles. The van der Waals surface area contributed by atoms with E-state index < -0.39 is 28.2 Å². The Balaban J connectivity index is 1.82. The van der Waals surface area contributed by atoms with Crippen molar-refractivity contribution in [3.8, 4) is 11.5 Å². The Bertz CT molecular complexity index is 913. The maximum Gasteiger partial charge on any atom is 0.280 e. The molecular weight excluding hydrogens is 374 g/mol. The molecule has 1 aromatic heterocycles. The molecule has 9 nitrogen and oxygen atoms in total. The third-order valence-electron chi connectivity index (χ3n) is 4.41. The van der Waals surface area contributed by atoms with Crippen LogP contribution in [0.3, 0.4) is 0 Å². The minimum atomic E-state index is -3.83. The van der Waals surface area contributed by atoms with Crippen LogP contribution in [0.2, 0.25) is 0 Å². The lowest BCUT2D eigenvalue weighted by molar-refractivity contribution is -0.120. The number of hydrogen-bond acceptors (Lipinski definition) is 6. The zero-order valence-corrected chi connectivity index (χ0v) is 15.9. The number of hydrogen-bond donors (Lipinski definition) is 2. The molecule has 27 heavy (non-hydrogen) atoms. The Morgan fingerprint density at radius 2 is 2.00 bits per heavy atom. The summed E-state index contributed by atoms with van der Waals surface area (Å²) in [6.07, 6.45) is 1.68. The summed E-state index contributed by atoms with van der Waals surface area (Å²) in [5, 5.41) is 2.73. The molecule has 1 amide bonds. The van der Waals surface area contributed by atoms with Crippen molar-refractivity contribution in [3.05, 3.63) is 42.4 Å². The monoisotopic (exact) mass is 395 g/mol. The number of nitrogens with zero attached hydrogens (tertiary/aromatic N) is 1. The highest BCUT2D eigenvalue weighted by Crippen LogP contribution is 2.31. The van der Waals surface area contributed by atoms with Gasteiger partial charge in [0, 0.05) is 18.8 Å². The van der Waals surface area contributed by atoms with Crippen molar-refractivity contribution in [2.45, 2.75) is 18.5 Å². The molecule has 2 unspecified atom stereocenters. The summed E-state index contributed by atoms with van der Waals surface area (Å²) in [5.74, 6) is 0.979. The van der Waals surface area contributed by atoms with Crippen LogP contribution >= 0.6 is 0 Å². The number of benzene rings is 1. The Labute approximate surface area is 157 Å². The number of ether oxygens (including phenoxy) is 2. The van der Waals surface area contributed by atoms with Crippen LogP contribution in [0, 0.1) is 0 Å². The van der Waals surface area contributed by atoms with E-state index in [0.29, 0.717) is 22.9 Å². The van der Waals surface area contributed by atoms with Crippen molar-refractivity contribution in [1.82, 2.24) is 9.03 Å². The molecule has 10 heteroatoms. The number of carbonyl (C=O) groups excluding carboxylic acids is 1. The fraction of sp³-hybridized carbons (Fsp3) is 0.353. The Morgan fingerprint density at radius 3 is 2.63 bits per heavy atom. The molecule has 0 aliphatic carbocycles. The van der Waals surface area contributed by atoms with Gasteiger partial charge in [0.05, 0.1) is 26.5 Å². The van der Waals surface area contributed by atoms with Crippen LogP contribution in [0.5, 0.6) is 11.5 Å². The smallest absolute Gasteiger partial charge is 0.280 e. The van der Waals surface area contributed by atoms with Crippen LogP contribution in [-0.2, 0) is 15.0 Å². The van der Waals surface area contributed by atoms with E-state index in [9.17, 15) is 13.2 Å². The van der Waals surface area contributed by atoms with Gasteiger partial charge in [-0.05, 0) is 30.7 Å². The molecule has 2 aromatic rings. The van der Waals surface area contributed by atoms with Crippen LogP contribution in [0.4, 0.5) is 5.69 Å². The highest BCUT2D eigenvalue weighted by Gasteiger charge is 2.41. The van der Waals surface area contributed by atoms with Gasteiger partial charge in [-0.15, -0.1) is 0 Å². The van der Waals surface area contributed by atoms with Gasteiger partial charge in [-0.25, -0.2) is 0 Å². The second kappa shape index (κ2) is 7.59. The minimum absolute atomic E-state index is 0.225. The molecule has 3 rings (SSSR count). The quantitative estimate of drug-likeness (QED) is 0.794. The highest BCUT2D eigenvalue weighted by atomic mass is 32.2. The van der Waals surface area contributed by atoms with Crippen LogP contribution in [0.25, 0.3) is 0 Å². The first-order valence-electron chi connectivity index (χ1n) is 8.17. The van der Waals surface area contributed by atoms with E-state index in [0.717, 1.165) is 4.31 Å². The first-order chi connectivity index (χ1) is 12.9. The van der Waals surface area contributed by atoms with Crippen molar-refractivity contribution in [3.63, 3.8) is 0 Å². The topological polar surface area (TPSA) is 110 Å². The fourth-order valence-corrected chi connectivity index (χ4v) is 4.18. The van der Waals surface area contributed by atoms with Gasteiger partial charge in [0.15, 0.2) is 11.5 Å². The van der Waals surface area contributed by atoms with E-state index >= 15 is 0 Å². The largest absolute Gasteiger partial charge is 0.493 e. The molecule has 2 N–H and O–H groups in total. The zero-order valence-electron chi connectivity index (χ0n) is 15.1. The van der Waals surface area contributed by atoms with Gasteiger partial charge in [-0.1, -0.05) is 0 Å². The number of anilines is 1. The zero-order chi connectivity index (χ0) is 19.6. The van der Waals surface area contributed by atoms with Crippen LogP contribution < -0.4 is 19.5 Å². The summed E-state index contributed by atoms with van der Waals surface area (Å²) in [5.41, 5.74) is 0.469. The van der Waals surface area contributed by atoms with E-state index in [2.05, 4.69) is 10.0 Å². The maximum atomic E-state index is 12.8. The second-order valence-electron chi connectivity index (χ2n) is 6.02. The van der Waals surface area contributed by atoms with Gasteiger partial charge in [0.2, 0.25) is 5.91 Å². The second-order valence-corrected chi connectivity index (χ2v) is 7.78. The molecular formula is C17H21N3O6S. The first kappa shape index (κ1) is 19.2. The van der Waals surface area contributed by atoms with E-state index in [-0.39, 0.29) is 6.42 Å². The van der Waals surface area contributed by atoms with Crippen LogP contribution in [-0.4, -0.2) is 45.9 Å². The van der Waals surface area contributed by atoms with Gasteiger partial charge >= 0.3 is 0 Å². The average Bonchev–Trinajstić information content (AvgIpc) is 3.18. The lowest BCUT2D eigenvalue weighted by atomic mass is 10.0. The summed E-state index contributed by atoms with van der Waals surface area (Å²) < 4.78 is 44.0. The summed E-state index contributed by atoms with van der Waals surface area (Å²) in [6.45, 7) is 0. The van der Waals surface area contributed by atoms with Crippen LogP contribution in [0.15, 0.2) is 41.0 Å². The van der Waals surface area contributed by atoms with Gasteiger partial charge in [-0.3, -0.25) is 4.79 Å². The van der Waals surface area contributed by atoms with E-state index in [4.69, 9.17) is 13.9 Å². The number of amides is 1. The number of likely N-dealkylation sites (N-methyl/N-ethyl adjacent to an activating group) is 1. The SMILES string of the molecule is COc1ccc(NC(=O)C2CC(c3ccco3)NS(=O)(=O)N2C)cc1OC. The summed E-state index contributed by atoms with van der Waals surface area (Å²) in [7, 11) is 0.536. The standard InChI is InChI=1S/C17H21N3O6S/c1-20-13(10-12(19-27(20,22)23)14-5-4-8-26-14)17(21)18-11-6-7-15(24-2)16(9-11)25-3/h4-9,12-13,19H,10H2,1-3H3,(H,18,21). The molecule has 0 radical (unpaired) electrons. The minimum Gasteiger partial charge on any atom is -0.493 e. The normalized spacial score (nSPS) is 22.2. The van der Waals surface area contributed by atoms with Crippen molar-refractivity contribution >= 4 is 21.8 Å². The van der Waals surface area contributed by atoms with Crippen LogP contribution in [0.1, 0.15) is 18.2 Å². The lowest BCUT2D eigenvalue weighted by Gasteiger charge is -2.35. The van der Waals surface area contributed by atoms with Gasteiger partial charge < -0.3 is 19.2 Å². The molecule has 0 spiro atoms. The molecule has 1 fully saturated rings. The molecule has 2 heterocycles. The molecule has 0 bridgehead atoms. The molecule has 0 saturated carbocycles. The third-order valence-corrected chi connectivity index (χ3v) is 6.00. The number of rotatable bonds is 5. The number of carbonyl (C=O) groups is 1. The van der Waals surface area contributed by atoms with Gasteiger partial charge in [0.1, 0.15) is 11.8 Å². The molecule has 1 aliphatic heterocycles. The van der Waals surface area contributed by atoms with E-state index in [1.165, 1.54) is 27.5 Å². The Morgan fingerprint density at radius 1 is 1.26 bits per heavy atom. The summed E-state index contributed by atoms with van der Waals surface area (Å²) in [4.78, 5) is 12.8. The lowest BCUT2D eigenvalue weighted by Crippen LogP contribution is -2.55. The third kappa shape index (κ3) is 3.92. The van der Waals surface area contributed by atoms with Crippen molar-refractivity contribution in [2.24, 2.45) is 0 Å². The van der Waals surface area contributed by atoms with Crippen molar-refractivity contribution < 1.29 is 27.1 Å². The fourth-order valence-electron chi connectivity index (χ4n) is 2.93. The van der Waals surface area contributed by atoms with Crippen molar-refractivity contribution in [1.29, 1.82) is 0 Å². The predicted molar refractivity (Wildman–Crippen MR) is 97.8 cm³/mol. The summed E-state index contributed by atoms with van der Waals surface area (Å²) in [6, 6.07) is 6.72.